The van der Waals surface area contributed by atoms with E-state index in [1.165, 1.54) is 0 Å². The standard InChI is InChI=1S/C8H14N2O/c1-5(2)4-7-8(11)10-6(3)9-7/h5,7,9H,3-4H2,1-2H3,(H,10,11). The maximum atomic E-state index is 11.1. The molecule has 1 fully saturated rings. The Bertz CT molecular complexity index is 187. The van der Waals surface area contributed by atoms with Gasteiger partial charge in [0.2, 0.25) is 5.91 Å². The summed E-state index contributed by atoms with van der Waals surface area (Å²) in [4.78, 5) is 11.1. The van der Waals surface area contributed by atoms with Crippen LogP contribution in [0.4, 0.5) is 0 Å². The molecule has 1 aliphatic rings. The maximum absolute atomic E-state index is 11.1. The van der Waals surface area contributed by atoms with Crippen LogP contribution >= 0.6 is 0 Å². The van der Waals surface area contributed by atoms with Gasteiger partial charge in [0.25, 0.3) is 0 Å². The minimum Gasteiger partial charge on any atom is -0.360 e. The van der Waals surface area contributed by atoms with Gasteiger partial charge in [-0.05, 0) is 12.3 Å². The van der Waals surface area contributed by atoms with E-state index >= 15 is 0 Å². The molecular formula is C8H14N2O. The summed E-state index contributed by atoms with van der Waals surface area (Å²) in [6.45, 7) is 7.81. The summed E-state index contributed by atoms with van der Waals surface area (Å²) < 4.78 is 0. The summed E-state index contributed by atoms with van der Waals surface area (Å²) in [6.07, 6.45) is 0.866. The smallest absolute Gasteiger partial charge is 0.247 e. The van der Waals surface area contributed by atoms with Crippen LogP contribution < -0.4 is 10.6 Å². The van der Waals surface area contributed by atoms with Crippen LogP contribution in [0.1, 0.15) is 20.3 Å². The van der Waals surface area contributed by atoms with Crippen molar-refractivity contribution in [3.63, 3.8) is 0 Å². The lowest BCUT2D eigenvalue weighted by atomic mass is 10.0. The number of amides is 1. The van der Waals surface area contributed by atoms with Gasteiger partial charge in [-0.2, -0.15) is 0 Å². The molecule has 0 saturated carbocycles. The fourth-order valence-corrected chi connectivity index (χ4v) is 1.19. The Kier molecular flexibility index (Phi) is 2.17. The van der Waals surface area contributed by atoms with Gasteiger partial charge in [0.05, 0.1) is 5.82 Å². The van der Waals surface area contributed by atoms with Gasteiger partial charge >= 0.3 is 0 Å². The highest BCUT2D eigenvalue weighted by Crippen LogP contribution is 2.09. The Morgan fingerprint density at radius 3 is 2.64 bits per heavy atom. The van der Waals surface area contributed by atoms with Crippen molar-refractivity contribution in [2.24, 2.45) is 5.92 Å². The fourth-order valence-electron chi connectivity index (χ4n) is 1.19. The minimum absolute atomic E-state index is 0.0451. The lowest BCUT2D eigenvalue weighted by Crippen LogP contribution is -2.29. The molecule has 0 spiro atoms. The average molecular weight is 154 g/mol. The SMILES string of the molecule is C=C1NC(=O)C(CC(C)C)N1. The van der Waals surface area contributed by atoms with E-state index in [-0.39, 0.29) is 11.9 Å². The number of carbonyl (C=O) groups excluding carboxylic acids is 1. The monoisotopic (exact) mass is 154 g/mol. The van der Waals surface area contributed by atoms with E-state index < -0.39 is 0 Å². The molecule has 1 unspecified atom stereocenters. The van der Waals surface area contributed by atoms with Crippen molar-refractivity contribution >= 4 is 5.91 Å². The third-order valence-electron chi connectivity index (χ3n) is 1.65. The molecule has 0 aromatic rings. The predicted octanol–water partition coefficient (Wildman–Crippen LogP) is 0.592. The molecule has 1 rings (SSSR count). The highest BCUT2D eigenvalue weighted by atomic mass is 16.2. The molecule has 1 amide bonds. The van der Waals surface area contributed by atoms with Crippen molar-refractivity contribution in [1.82, 2.24) is 10.6 Å². The van der Waals surface area contributed by atoms with Crippen molar-refractivity contribution in [1.29, 1.82) is 0 Å². The predicted molar refractivity (Wildman–Crippen MR) is 43.7 cm³/mol. The molecule has 1 saturated heterocycles. The van der Waals surface area contributed by atoms with E-state index in [1.54, 1.807) is 0 Å². The highest BCUT2D eigenvalue weighted by molar-refractivity contribution is 5.86. The molecule has 0 aromatic carbocycles. The van der Waals surface area contributed by atoms with Crippen molar-refractivity contribution in [3.8, 4) is 0 Å². The van der Waals surface area contributed by atoms with Crippen LogP contribution in [-0.2, 0) is 4.79 Å². The first-order valence-electron chi connectivity index (χ1n) is 3.86. The maximum Gasteiger partial charge on any atom is 0.247 e. The van der Waals surface area contributed by atoms with Crippen LogP contribution in [0.3, 0.4) is 0 Å². The Morgan fingerprint density at radius 1 is 1.64 bits per heavy atom. The molecule has 3 heteroatoms. The van der Waals surface area contributed by atoms with Crippen molar-refractivity contribution in [3.05, 3.63) is 12.4 Å². The first-order valence-corrected chi connectivity index (χ1v) is 3.86. The van der Waals surface area contributed by atoms with Gasteiger partial charge in [-0.3, -0.25) is 4.79 Å². The molecule has 0 aliphatic carbocycles. The van der Waals surface area contributed by atoms with Crippen LogP contribution in [0.5, 0.6) is 0 Å². The lowest BCUT2D eigenvalue weighted by molar-refractivity contribution is -0.120. The Morgan fingerprint density at radius 2 is 2.27 bits per heavy atom. The molecule has 1 atom stereocenters. The molecule has 0 aromatic heterocycles. The van der Waals surface area contributed by atoms with E-state index in [0.29, 0.717) is 11.7 Å². The third-order valence-corrected chi connectivity index (χ3v) is 1.65. The van der Waals surface area contributed by atoms with Crippen LogP contribution in [-0.4, -0.2) is 11.9 Å². The topological polar surface area (TPSA) is 41.1 Å². The zero-order valence-corrected chi connectivity index (χ0v) is 6.98. The molecular weight excluding hydrogens is 140 g/mol. The summed E-state index contributed by atoms with van der Waals surface area (Å²) in [5, 5.41) is 5.61. The Hall–Kier alpha value is -0.990. The van der Waals surface area contributed by atoms with Crippen LogP contribution in [0.15, 0.2) is 12.4 Å². The van der Waals surface area contributed by atoms with Crippen molar-refractivity contribution < 1.29 is 4.79 Å². The normalized spacial score (nSPS) is 23.7. The van der Waals surface area contributed by atoms with Crippen LogP contribution in [0.25, 0.3) is 0 Å². The van der Waals surface area contributed by atoms with Crippen molar-refractivity contribution in [2.75, 3.05) is 0 Å². The summed E-state index contributed by atoms with van der Waals surface area (Å²) in [5.41, 5.74) is 0. The number of hydrogen-bond acceptors (Lipinski definition) is 2. The molecule has 62 valence electrons. The van der Waals surface area contributed by atoms with Crippen LogP contribution in [0.2, 0.25) is 0 Å². The van der Waals surface area contributed by atoms with Gasteiger partial charge < -0.3 is 10.6 Å². The number of hydrogen-bond donors (Lipinski definition) is 2. The van der Waals surface area contributed by atoms with E-state index in [2.05, 4.69) is 31.1 Å². The third kappa shape index (κ3) is 1.97. The molecule has 2 N–H and O–H groups in total. The Balaban J connectivity index is 2.47. The quantitative estimate of drug-likeness (QED) is 0.611. The lowest BCUT2D eigenvalue weighted by Gasteiger charge is -2.09. The van der Waals surface area contributed by atoms with Gasteiger partial charge in [-0.1, -0.05) is 20.4 Å². The molecule has 1 aliphatic heterocycles. The summed E-state index contributed by atoms with van der Waals surface area (Å²) >= 11 is 0. The number of nitrogens with one attached hydrogen (secondary N) is 2. The highest BCUT2D eigenvalue weighted by Gasteiger charge is 2.25. The number of rotatable bonds is 2. The van der Waals surface area contributed by atoms with Gasteiger partial charge in [-0.15, -0.1) is 0 Å². The summed E-state index contributed by atoms with van der Waals surface area (Å²) in [6, 6.07) is -0.0671. The van der Waals surface area contributed by atoms with E-state index in [9.17, 15) is 4.79 Å². The van der Waals surface area contributed by atoms with Gasteiger partial charge in [-0.25, -0.2) is 0 Å². The second-order valence-electron chi connectivity index (χ2n) is 3.29. The molecule has 3 nitrogen and oxygen atoms in total. The van der Waals surface area contributed by atoms with E-state index in [0.717, 1.165) is 6.42 Å². The van der Waals surface area contributed by atoms with Crippen LogP contribution in [0, 0.1) is 5.92 Å². The van der Waals surface area contributed by atoms with Gasteiger partial charge in [0.1, 0.15) is 6.04 Å². The van der Waals surface area contributed by atoms with Gasteiger partial charge in [0, 0.05) is 0 Å². The van der Waals surface area contributed by atoms with Gasteiger partial charge in [0.15, 0.2) is 0 Å². The zero-order chi connectivity index (χ0) is 8.43. The largest absolute Gasteiger partial charge is 0.360 e. The molecule has 0 radical (unpaired) electrons. The minimum atomic E-state index is -0.0671. The van der Waals surface area contributed by atoms with Crippen molar-refractivity contribution in [2.45, 2.75) is 26.3 Å². The zero-order valence-electron chi connectivity index (χ0n) is 6.98. The first-order chi connectivity index (χ1) is 5.09. The fraction of sp³-hybridized carbons (Fsp3) is 0.625. The second kappa shape index (κ2) is 2.95. The summed E-state index contributed by atoms with van der Waals surface area (Å²) in [5.74, 6) is 1.20. The first kappa shape index (κ1) is 8.11. The van der Waals surface area contributed by atoms with E-state index in [1.807, 2.05) is 0 Å². The van der Waals surface area contributed by atoms with E-state index in [4.69, 9.17) is 0 Å². The second-order valence-corrected chi connectivity index (χ2v) is 3.29. The average Bonchev–Trinajstić information content (AvgIpc) is 2.09. The molecule has 0 bridgehead atoms. The summed E-state index contributed by atoms with van der Waals surface area (Å²) in [7, 11) is 0. The molecule has 1 heterocycles. The number of carbonyl (C=O) groups is 1. The molecule has 11 heavy (non-hydrogen) atoms. The Labute approximate surface area is 66.9 Å².